The van der Waals surface area contributed by atoms with Gasteiger partial charge in [-0.15, -0.1) is 0 Å². The number of hydrogen-bond acceptors (Lipinski definition) is 4. The molecule has 19 heavy (non-hydrogen) atoms. The van der Waals surface area contributed by atoms with Crippen molar-refractivity contribution in [1.82, 2.24) is 0 Å². The number of hydrogen-bond donors (Lipinski definition) is 0. The smallest absolute Gasteiger partial charge is 0.333 e. The summed E-state index contributed by atoms with van der Waals surface area (Å²) < 4.78 is 10.3. The lowest BCUT2D eigenvalue weighted by Crippen LogP contribution is -2.25. The van der Waals surface area contributed by atoms with Crippen LogP contribution >= 0.6 is 0 Å². The molecule has 0 amide bonds. The van der Waals surface area contributed by atoms with Crippen LogP contribution in [0.25, 0.3) is 0 Å². The van der Waals surface area contributed by atoms with Gasteiger partial charge in [0.1, 0.15) is 0 Å². The highest BCUT2D eigenvalue weighted by molar-refractivity contribution is 5.90. The minimum atomic E-state index is -0.271. The molecular weight excluding hydrogens is 244 g/mol. The van der Waals surface area contributed by atoms with Gasteiger partial charge in [0.25, 0.3) is 0 Å². The monoisotopic (exact) mass is 266 g/mol. The van der Waals surface area contributed by atoms with Crippen LogP contribution in [0.15, 0.2) is 11.6 Å². The van der Waals surface area contributed by atoms with Crippen LogP contribution in [0.2, 0.25) is 0 Å². The molecule has 1 atom stereocenters. The summed E-state index contributed by atoms with van der Waals surface area (Å²) in [6.07, 6.45) is 5.77. The van der Waals surface area contributed by atoms with E-state index in [1.807, 2.05) is 13.0 Å². The van der Waals surface area contributed by atoms with Gasteiger partial charge in [0, 0.05) is 5.57 Å². The van der Waals surface area contributed by atoms with E-state index in [2.05, 4.69) is 0 Å². The van der Waals surface area contributed by atoms with Gasteiger partial charge in [-0.3, -0.25) is 4.79 Å². The second-order valence-electron chi connectivity index (χ2n) is 5.23. The molecule has 0 heterocycles. The van der Waals surface area contributed by atoms with Gasteiger partial charge in [-0.1, -0.05) is 6.08 Å². The fourth-order valence-corrected chi connectivity index (χ4v) is 3.20. The van der Waals surface area contributed by atoms with E-state index >= 15 is 0 Å². The van der Waals surface area contributed by atoms with Gasteiger partial charge < -0.3 is 9.47 Å². The molecule has 0 aliphatic heterocycles. The van der Waals surface area contributed by atoms with Gasteiger partial charge in [-0.2, -0.15) is 0 Å². The van der Waals surface area contributed by atoms with Crippen molar-refractivity contribution in [3.8, 4) is 0 Å². The van der Waals surface area contributed by atoms with E-state index in [0.717, 1.165) is 25.7 Å². The predicted molar refractivity (Wildman–Crippen MR) is 70.3 cm³/mol. The minimum absolute atomic E-state index is 0.197. The van der Waals surface area contributed by atoms with Crippen LogP contribution in [0, 0.1) is 17.8 Å². The van der Waals surface area contributed by atoms with E-state index in [-0.39, 0.29) is 23.8 Å². The second kappa shape index (κ2) is 6.22. The number of carbonyl (C=O) groups excluding carboxylic acids is 2. The molecule has 0 saturated heterocycles. The maximum absolute atomic E-state index is 12.0. The van der Waals surface area contributed by atoms with Crippen LogP contribution in [0.3, 0.4) is 0 Å². The largest absolute Gasteiger partial charge is 0.466 e. The first-order valence-electron chi connectivity index (χ1n) is 7.22. The molecule has 1 fully saturated rings. The summed E-state index contributed by atoms with van der Waals surface area (Å²) in [5.74, 6) is -0.148. The van der Waals surface area contributed by atoms with Crippen LogP contribution in [0.4, 0.5) is 0 Å². The predicted octanol–water partition coefficient (Wildman–Crippen LogP) is 2.48. The van der Waals surface area contributed by atoms with Crippen molar-refractivity contribution in [3.63, 3.8) is 0 Å². The van der Waals surface area contributed by atoms with Crippen molar-refractivity contribution in [2.45, 2.75) is 39.5 Å². The topological polar surface area (TPSA) is 52.6 Å². The third kappa shape index (κ3) is 2.99. The SMILES string of the molecule is CCOC(=O)C1=CC(C(=O)OCC)C2CCC1CC2. The lowest BCUT2D eigenvalue weighted by molar-refractivity contribution is -0.148. The summed E-state index contributed by atoms with van der Waals surface area (Å²) in [4.78, 5) is 24.1. The molecule has 0 spiro atoms. The summed E-state index contributed by atoms with van der Waals surface area (Å²) in [5, 5.41) is 0. The Morgan fingerprint density at radius 1 is 1.11 bits per heavy atom. The molecule has 0 aromatic carbocycles. The first kappa shape index (κ1) is 14.1. The lowest BCUT2D eigenvalue weighted by atomic mass is 9.78. The van der Waals surface area contributed by atoms with Crippen molar-refractivity contribution >= 4 is 11.9 Å². The average Bonchev–Trinajstić information content (AvgIpc) is 2.69. The molecule has 3 aliphatic carbocycles. The zero-order valence-electron chi connectivity index (χ0n) is 11.7. The van der Waals surface area contributed by atoms with Gasteiger partial charge >= 0.3 is 11.9 Å². The maximum Gasteiger partial charge on any atom is 0.333 e. The Labute approximate surface area is 114 Å². The summed E-state index contributed by atoms with van der Waals surface area (Å²) >= 11 is 0. The highest BCUT2D eigenvalue weighted by atomic mass is 16.5. The van der Waals surface area contributed by atoms with E-state index in [4.69, 9.17) is 9.47 Å². The molecule has 1 unspecified atom stereocenters. The molecule has 0 radical (unpaired) electrons. The van der Waals surface area contributed by atoms with Crippen molar-refractivity contribution in [2.75, 3.05) is 13.2 Å². The van der Waals surface area contributed by atoms with E-state index in [9.17, 15) is 9.59 Å². The van der Waals surface area contributed by atoms with Gasteiger partial charge in [-0.05, 0) is 51.4 Å². The highest BCUT2D eigenvalue weighted by Gasteiger charge is 2.39. The number of rotatable bonds is 4. The van der Waals surface area contributed by atoms with Crippen LogP contribution in [-0.4, -0.2) is 25.2 Å². The summed E-state index contributed by atoms with van der Waals surface area (Å²) in [5.41, 5.74) is 0.694. The van der Waals surface area contributed by atoms with E-state index in [1.165, 1.54) is 0 Å². The zero-order valence-corrected chi connectivity index (χ0v) is 11.7. The standard InChI is InChI=1S/C15H22O4/c1-3-18-14(16)12-9-13(15(17)19-4-2)11-7-5-10(12)6-8-11/h9-12H,3-8H2,1-2H3. The van der Waals surface area contributed by atoms with E-state index in [1.54, 1.807) is 6.92 Å². The Bertz CT molecular complexity index is 378. The lowest BCUT2D eigenvalue weighted by Gasteiger charge is -2.27. The van der Waals surface area contributed by atoms with Crippen LogP contribution < -0.4 is 0 Å². The molecule has 0 aromatic rings. The molecular formula is C15H22O4. The normalized spacial score (nSPS) is 29.4. The van der Waals surface area contributed by atoms with Crippen molar-refractivity contribution in [1.29, 1.82) is 0 Å². The molecule has 2 bridgehead atoms. The van der Waals surface area contributed by atoms with Crippen LogP contribution in [-0.2, 0) is 19.1 Å². The second-order valence-corrected chi connectivity index (χ2v) is 5.23. The highest BCUT2D eigenvalue weighted by Crippen LogP contribution is 2.42. The summed E-state index contributed by atoms with van der Waals surface area (Å²) in [6, 6.07) is 0. The third-order valence-electron chi connectivity index (χ3n) is 4.15. The summed E-state index contributed by atoms with van der Waals surface area (Å²) in [7, 11) is 0. The molecule has 106 valence electrons. The first-order chi connectivity index (χ1) is 9.17. The summed E-state index contributed by atoms with van der Waals surface area (Å²) in [6.45, 7) is 4.36. The van der Waals surface area contributed by atoms with Gasteiger partial charge in [0.2, 0.25) is 0 Å². The minimum Gasteiger partial charge on any atom is -0.466 e. The fraction of sp³-hybridized carbons (Fsp3) is 0.733. The maximum atomic E-state index is 12.0. The van der Waals surface area contributed by atoms with Crippen LogP contribution in [0.5, 0.6) is 0 Å². The molecule has 4 nitrogen and oxygen atoms in total. The number of carbonyl (C=O) groups is 2. The molecule has 3 aliphatic rings. The number of ether oxygens (including phenoxy) is 2. The molecule has 3 rings (SSSR count). The van der Waals surface area contributed by atoms with E-state index < -0.39 is 0 Å². The Kier molecular flexibility index (Phi) is 4.61. The van der Waals surface area contributed by atoms with E-state index in [0.29, 0.717) is 24.7 Å². The number of fused-ring (bicyclic) bond motifs is 3. The fourth-order valence-electron chi connectivity index (χ4n) is 3.20. The van der Waals surface area contributed by atoms with Gasteiger partial charge in [0.15, 0.2) is 0 Å². The molecule has 0 aromatic heterocycles. The Morgan fingerprint density at radius 2 is 1.74 bits per heavy atom. The van der Waals surface area contributed by atoms with Crippen molar-refractivity contribution < 1.29 is 19.1 Å². The molecule has 1 saturated carbocycles. The van der Waals surface area contributed by atoms with Gasteiger partial charge in [0.05, 0.1) is 19.1 Å². The van der Waals surface area contributed by atoms with Gasteiger partial charge in [-0.25, -0.2) is 4.79 Å². The first-order valence-corrected chi connectivity index (χ1v) is 7.22. The Morgan fingerprint density at radius 3 is 2.32 bits per heavy atom. The zero-order chi connectivity index (χ0) is 13.8. The Hall–Kier alpha value is -1.32. The molecule has 4 heteroatoms. The third-order valence-corrected chi connectivity index (χ3v) is 4.15. The Balaban J connectivity index is 2.23. The van der Waals surface area contributed by atoms with Crippen molar-refractivity contribution in [3.05, 3.63) is 11.6 Å². The van der Waals surface area contributed by atoms with Crippen LogP contribution in [0.1, 0.15) is 39.5 Å². The quantitative estimate of drug-likeness (QED) is 0.733. The van der Waals surface area contributed by atoms with Crippen molar-refractivity contribution in [2.24, 2.45) is 17.8 Å². The average molecular weight is 266 g/mol. The molecule has 0 N–H and O–H groups in total. The number of esters is 2.